The highest BCUT2D eigenvalue weighted by atomic mass is 16.7. The van der Waals surface area contributed by atoms with E-state index >= 15 is 0 Å². The molecule has 0 saturated heterocycles. The Labute approximate surface area is 56.9 Å². The molecule has 1 heterocycles. The van der Waals surface area contributed by atoms with Gasteiger partial charge in [-0.15, -0.1) is 0 Å². The van der Waals surface area contributed by atoms with Crippen LogP contribution >= 0.6 is 0 Å². The third kappa shape index (κ3) is 1.79. The Morgan fingerprint density at radius 1 is 1.70 bits per heavy atom. The fraction of sp³-hybridized carbons (Fsp3) is 0. The van der Waals surface area contributed by atoms with E-state index in [1.54, 1.807) is 12.1 Å². The number of furan rings is 1. The lowest BCUT2D eigenvalue weighted by atomic mass is 10.7. The predicted octanol–water partition coefficient (Wildman–Crippen LogP) is -0.176. The monoisotopic (exact) mass is 142 g/mol. The summed E-state index contributed by atoms with van der Waals surface area (Å²) < 4.78 is 4.74. The van der Waals surface area contributed by atoms with E-state index in [0.717, 1.165) is 0 Å². The van der Waals surface area contributed by atoms with Gasteiger partial charge in [0.2, 0.25) is 6.41 Å². The first-order valence-corrected chi connectivity index (χ1v) is 2.58. The maximum absolute atomic E-state index is 9.65. The fourth-order valence-corrected chi connectivity index (χ4v) is 0.425. The zero-order valence-electron chi connectivity index (χ0n) is 5.03. The molecular formula is C5H6N2O3. The molecule has 5 heteroatoms. The third-order valence-electron chi connectivity index (χ3n) is 0.765. The van der Waals surface area contributed by atoms with Crippen molar-refractivity contribution in [2.45, 2.75) is 0 Å². The summed E-state index contributed by atoms with van der Waals surface area (Å²) in [5.41, 5.74) is 4.20. The topological polar surface area (TPSA) is 63.5 Å². The summed E-state index contributed by atoms with van der Waals surface area (Å²) in [6, 6.07) is 3.26. The molecule has 0 saturated carbocycles. The van der Waals surface area contributed by atoms with E-state index < -0.39 is 0 Å². The molecule has 1 aromatic rings. The van der Waals surface area contributed by atoms with E-state index in [1.807, 2.05) is 0 Å². The molecule has 0 aliphatic rings. The zero-order chi connectivity index (χ0) is 7.23. The van der Waals surface area contributed by atoms with Gasteiger partial charge in [-0.25, -0.2) is 0 Å². The zero-order valence-corrected chi connectivity index (χ0v) is 5.03. The molecule has 0 spiro atoms. The second-order valence-electron chi connectivity index (χ2n) is 1.40. The lowest BCUT2D eigenvalue weighted by Gasteiger charge is -1.98. The van der Waals surface area contributed by atoms with Crippen LogP contribution in [-0.4, -0.2) is 6.41 Å². The molecule has 2 N–H and O–H groups in total. The van der Waals surface area contributed by atoms with Crippen molar-refractivity contribution >= 4 is 6.41 Å². The molecule has 0 atom stereocenters. The molecule has 1 aromatic heterocycles. The van der Waals surface area contributed by atoms with Crippen molar-refractivity contribution < 1.29 is 14.0 Å². The highest BCUT2D eigenvalue weighted by molar-refractivity contribution is 5.44. The Morgan fingerprint density at radius 2 is 2.60 bits per heavy atom. The molecule has 1 rings (SSSR count). The number of carbonyl (C=O) groups is 1. The number of hydrogen-bond donors (Lipinski definition) is 2. The molecule has 0 aliphatic carbocycles. The highest BCUT2D eigenvalue weighted by Crippen LogP contribution is 2.07. The van der Waals surface area contributed by atoms with Gasteiger partial charge in [0, 0.05) is 6.07 Å². The average molecular weight is 142 g/mol. The summed E-state index contributed by atoms with van der Waals surface area (Å²) in [5, 5.41) is 0. The summed E-state index contributed by atoms with van der Waals surface area (Å²) in [6.07, 6.45) is 1.90. The maximum Gasteiger partial charge on any atom is 0.306 e. The summed E-state index contributed by atoms with van der Waals surface area (Å²) in [7, 11) is 0. The van der Waals surface area contributed by atoms with Gasteiger partial charge in [0.05, 0.1) is 6.26 Å². The van der Waals surface area contributed by atoms with Crippen LogP contribution in [0.2, 0.25) is 0 Å². The number of nitrogens with one attached hydrogen (secondary N) is 2. The molecule has 0 radical (unpaired) electrons. The van der Waals surface area contributed by atoms with Gasteiger partial charge < -0.3 is 9.25 Å². The summed E-state index contributed by atoms with van der Waals surface area (Å²) in [5.74, 6) is 0.286. The van der Waals surface area contributed by atoms with E-state index in [2.05, 4.69) is 15.9 Å². The Bertz CT molecular complexity index is 185. The van der Waals surface area contributed by atoms with Crippen molar-refractivity contribution in [3.05, 3.63) is 18.4 Å². The van der Waals surface area contributed by atoms with Gasteiger partial charge >= 0.3 is 5.95 Å². The van der Waals surface area contributed by atoms with Crippen LogP contribution in [0.15, 0.2) is 22.8 Å². The summed E-state index contributed by atoms with van der Waals surface area (Å²) in [4.78, 5) is 14.3. The van der Waals surface area contributed by atoms with Gasteiger partial charge in [0.15, 0.2) is 0 Å². The van der Waals surface area contributed by atoms with Crippen LogP contribution in [0.4, 0.5) is 0 Å². The SMILES string of the molecule is O=CNNOc1ccco1. The molecule has 0 fully saturated rings. The van der Waals surface area contributed by atoms with Crippen LogP contribution in [0.5, 0.6) is 5.95 Å². The van der Waals surface area contributed by atoms with Crippen LogP contribution in [0.1, 0.15) is 0 Å². The van der Waals surface area contributed by atoms with Crippen molar-refractivity contribution in [3.8, 4) is 5.95 Å². The quantitative estimate of drug-likeness (QED) is 0.348. The lowest BCUT2D eigenvalue weighted by molar-refractivity contribution is -0.112. The Morgan fingerprint density at radius 3 is 3.20 bits per heavy atom. The third-order valence-corrected chi connectivity index (χ3v) is 0.765. The highest BCUT2D eigenvalue weighted by Gasteiger charge is 1.91. The first-order chi connectivity index (χ1) is 4.93. The van der Waals surface area contributed by atoms with Crippen molar-refractivity contribution in [1.29, 1.82) is 0 Å². The molecule has 5 nitrogen and oxygen atoms in total. The van der Waals surface area contributed by atoms with E-state index in [0.29, 0.717) is 6.41 Å². The van der Waals surface area contributed by atoms with Crippen LogP contribution in [0.3, 0.4) is 0 Å². The van der Waals surface area contributed by atoms with Crippen molar-refractivity contribution in [2.75, 3.05) is 0 Å². The van der Waals surface area contributed by atoms with Crippen molar-refractivity contribution in [2.24, 2.45) is 0 Å². The standard InChI is InChI=1S/C5H6N2O3/c8-4-6-7-10-5-2-1-3-9-5/h1-4,7H,(H,6,8). The Kier molecular flexibility index (Phi) is 2.33. The lowest BCUT2D eigenvalue weighted by Crippen LogP contribution is -2.33. The number of hydrazine groups is 1. The number of rotatable bonds is 4. The molecule has 0 unspecified atom stereocenters. The van der Waals surface area contributed by atoms with Gasteiger partial charge in [-0.05, 0) is 6.07 Å². The predicted molar refractivity (Wildman–Crippen MR) is 31.7 cm³/mol. The van der Waals surface area contributed by atoms with Crippen LogP contribution in [-0.2, 0) is 4.79 Å². The number of carbonyl (C=O) groups excluding carboxylic acids is 1. The fourth-order valence-electron chi connectivity index (χ4n) is 0.425. The maximum atomic E-state index is 9.65. The molecule has 1 amide bonds. The van der Waals surface area contributed by atoms with Crippen molar-refractivity contribution in [3.63, 3.8) is 0 Å². The number of amides is 1. The average Bonchev–Trinajstić information content (AvgIpc) is 2.41. The second-order valence-corrected chi connectivity index (χ2v) is 1.40. The molecule has 54 valence electrons. The minimum absolute atomic E-state index is 0.286. The van der Waals surface area contributed by atoms with Crippen LogP contribution in [0.25, 0.3) is 0 Å². The molecular weight excluding hydrogens is 136 g/mol. The smallest absolute Gasteiger partial charge is 0.306 e. The summed E-state index contributed by atoms with van der Waals surface area (Å²) >= 11 is 0. The Balaban J connectivity index is 2.21. The summed E-state index contributed by atoms with van der Waals surface area (Å²) in [6.45, 7) is 0. The largest absolute Gasteiger partial charge is 0.433 e. The first kappa shape index (κ1) is 6.63. The van der Waals surface area contributed by atoms with Gasteiger partial charge in [0.1, 0.15) is 0 Å². The van der Waals surface area contributed by atoms with Gasteiger partial charge in [-0.3, -0.25) is 10.2 Å². The van der Waals surface area contributed by atoms with Gasteiger partial charge in [-0.2, -0.15) is 0 Å². The van der Waals surface area contributed by atoms with E-state index in [4.69, 9.17) is 4.42 Å². The molecule has 0 bridgehead atoms. The Hall–Kier alpha value is -1.49. The van der Waals surface area contributed by atoms with E-state index in [9.17, 15) is 4.79 Å². The van der Waals surface area contributed by atoms with Crippen LogP contribution < -0.4 is 15.9 Å². The molecule has 10 heavy (non-hydrogen) atoms. The normalized spacial score (nSPS) is 8.80. The van der Waals surface area contributed by atoms with E-state index in [-0.39, 0.29) is 5.95 Å². The van der Waals surface area contributed by atoms with Gasteiger partial charge in [-0.1, -0.05) is 5.59 Å². The number of hydrogen-bond acceptors (Lipinski definition) is 4. The molecule has 0 aliphatic heterocycles. The molecule has 0 aromatic carbocycles. The minimum Gasteiger partial charge on any atom is -0.433 e. The van der Waals surface area contributed by atoms with Crippen molar-refractivity contribution in [1.82, 2.24) is 11.0 Å². The van der Waals surface area contributed by atoms with Gasteiger partial charge in [0.25, 0.3) is 0 Å². The second kappa shape index (κ2) is 3.52. The van der Waals surface area contributed by atoms with E-state index in [1.165, 1.54) is 6.26 Å². The minimum atomic E-state index is 0.286. The van der Waals surface area contributed by atoms with Crippen LogP contribution in [0, 0.1) is 0 Å². The first-order valence-electron chi connectivity index (χ1n) is 2.58.